The predicted octanol–water partition coefficient (Wildman–Crippen LogP) is 1.89. The van der Waals surface area contributed by atoms with Gasteiger partial charge in [-0.05, 0) is 36.6 Å². The summed E-state index contributed by atoms with van der Waals surface area (Å²) in [4.78, 5) is 11.9. The van der Waals surface area contributed by atoms with E-state index in [2.05, 4.69) is 11.4 Å². The summed E-state index contributed by atoms with van der Waals surface area (Å²) in [7, 11) is -3.68. The SMILES string of the molecule is Cc1cccc(CCC(=O)NCc2ccc(S(N)(=O)=O)cc2)c1. The molecule has 0 aliphatic carbocycles. The van der Waals surface area contributed by atoms with Gasteiger partial charge in [0.1, 0.15) is 0 Å². The first-order chi connectivity index (χ1) is 10.8. The highest BCUT2D eigenvalue weighted by molar-refractivity contribution is 7.89. The number of primary sulfonamides is 1. The van der Waals surface area contributed by atoms with Crippen molar-refractivity contribution in [2.75, 3.05) is 0 Å². The zero-order valence-electron chi connectivity index (χ0n) is 13.0. The van der Waals surface area contributed by atoms with Crippen molar-refractivity contribution in [3.8, 4) is 0 Å². The van der Waals surface area contributed by atoms with Crippen molar-refractivity contribution in [3.63, 3.8) is 0 Å². The zero-order valence-corrected chi connectivity index (χ0v) is 13.8. The molecule has 2 aromatic rings. The van der Waals surface area contributed by atoms with E-state index in [0.29, 0.717) is 19.4 Å². The Morgan fingerprint density at radius 2 is 1.78 bits per heavy atom. The van der Waals surface area contributed by atoms with Crippen LogP contribution < -0.4 is 10.5 Å². The Morgan fingerprint density at radius 1 is 1.09 bits per heavy atom. The molecule has 0 saturated carbocycles. The summed E-state index contributed by atoms with van der Waals surface area (Å²) < 4.78 is 22.3. The first-order valence-corrected chi connectivity index (χ1v) is 8.83. The molecule has 0 radical (unpaired) electrons. The highest BCUT2D eigenvalue weighted by Gasteiger charge is 2.07. The molecule has 0 bridgehead atoms. The molecule has 2 aromatic carbocycles. The monoisotopic (exact) mass is 332 g/mol. The number of amides is 1. The lowest BCUT2D eigenvalue weighted by molar-refractivity contribution is -0.121. The number of benzene rings is 2. The predicted molar refractivity (Wildman–Crippen MR) is 89.2 cm³/mol. The van der Waals surface area contributed by atoms with Gasteiger partial charge in [0.2, 0.25) is 15.9 Å². The Hall–Kier alpha value is -2.18. The third-order valence-corrected chi connectivity index (χ3v) is 4.39. The van der Waals surface area contributed by atoms with Crippen LogP contribution >= 0.6 is 0 Å². The maximum absolute atomic E-state index is 11.9. The number of carbonyl (C=O) groups is 1. The highest BCUT2D eigenvalue weighted by atomic mass is 32.2. The molecule has 0 spiro atoms. The topological polar surface area (TPSA) is 89.3 Å². The van der Waals surface area contributed by atoms with Crippen LogP contribution in [0, 0.1) is 6.92 Å². The van der Waals surface area contributed by atoms with Crippen LogP contribution in [0.4, 0.5) is 0 Å². The summed E-state index contributed by atoms with van der Waals surface area (Å²) in [5, 5.41) is 7.86. The Labute approximate surface area is 136 Å². The molecular formula is C17H20N2O3S. The number of sulfonamides is 1. The Morgan fingerprint density at radius 3 is 2.39 bits per heavy atom. The first-order valence-electron chi connectivity index (χ1n) is 7.28. The highest BCUT2D eigenvalue weighted by Crippen LogP contribution is 2.09. The largest absolute Gasteiger partial charge is 0.352 e. The van der Waals surface area contributed by atoms with Gasteiger partial charge < -0.3 is 5.32 Å². The third-order valence-electron chi connectivity index (χ3n) is 3.46. The Bertz CT molecular complexity index is 784. The normalized spacial score (nSPS) is 11.2. The summed E-state index contributed by atoms with van der Waals surface area (Å²) in [6.07, 6.45) is 1.11. The van der Waals surface area contributed by atoms with Gasteiger partial charge in [-0.2, -0.15) is 0 Å². The van der Waals surface area contributed by atoms with Crippen molar-refractivity contribution in [1.29, 1.82) is 0 Å². The molecule has 0 aromatic heterocycles. The van der Waals surface area contributed by atoms with E-state index in [1.54, 1.807) is 12.1 Å². The second-order valence-corrected chi connectivity index (χ2v) is 7.02. The van der Waals surface area contributed by atoms with Gasteiger partial charge >= 0.3 is 0 Å². The smallest absolute Gasteiger partial charge is 0.238 e. The lowest BCUT2D eigenvalue weighted by Crippen LogP contribution is -2.23. The number of rotatable bonds is 6. The number of nitrogens with one attached hydrogen (secondary N) is 1. The minimum atomic E-state index is -3.68. The molecule has 23 heavy (non-hydrogen) atoms. The van der Waals surface area contributed by atoms with Crippen molar-refractivity contribution in [3.05, 3.63) is 65.2 Å². The number of nitrogens with two attached hydrogens (primary N) is 1. The van der Waals surface area contributed by atoms with Crippen molar-refractivity contribution < 1.29 is 13.2 Å². The first kappa shape index (κ1) is 17.2. The quantitative estimate of drug-likeness (QED) is 0.846. The molecule has 0 saturated heterocycles. The molecule has 0 aliphatic rings. The molecule has 122 valence electrons. The second-order valence-electron chi connectivity index (χ2n) is 5.45. The van der Waals surface area contributed by atoms with Crippen LogP contribution in [-0.2, 0) is 27.8 Å². The van der Waals surface area contributed by atoms with E-state index in [9.17, 15) is 13.2 Å². The van der Waals surface area contributed by atoms with E-state index >= 15 is 0 Å². The molecule has 3 N–H and O–H groups in total. The van der Waals surface area contributed by atoms with Gasteiger partial charge in [-0.15, -0.1) is 0 Å². The van der Waals surface area contributed by atoms with Crippen LogP contribution in [0.2, 0.25) is 0 Å². The number of hydrogen-bond acceptors (Lipinski definition) is 3. The average molecular weight is 332 g/mol. The van der Waals surface area contributed by atoms with Gasteiger partial charge in [-0.25, -0.2) is 13.6 Å². The van der Waals surface area contributed by atoms with Gasteiger partial charge in [0.05, 0.1) is 4.90 Å². The van der Waals surface area contributed by atoms with E-state index in [1.807, 2.05) is 25.1 Å². The fourth-order valence-electron chi connectivity index (χ4n) is 2.21. The van der Waals surface area contributed by atoms with Gasteiger partial charge in [0.15, 0.2) is 0 Å². The van der Waals surface area contributed by atoms with E-state index in [0.717, 1.165) is 11.1 Å². The lowest BCUT2D eigenvalue weighted by atomic mass is 10.1. The van der Waals surface area contributed by atoms with Gasteiger partial charge in [0.25, 0.3) is 0 Å². The standard InChI is InChI=1S/C17H20N2O3S/c1-13-3-2-4-14(11-13)7-10-17(20)19-12-15-5-8-16(9-6-15)23(18,21)22/h2-6,8-9,11H,7,10,12H2,1H3,(H,19,20)(H2,18,21,22). The molecule has 0 unspecified atom stereocenters. The maximum atomic E-state index is 11.9. The Balaban J connectivity index is 1.82. The Kier molecular flexibility index (Phi) is 5.52. The molecule has 0 atom stereocenters. The molecule has 0 aliphatic heterocycles. The number of aryl methyl sites for hydroxylation is 2. The van der Waals surface area contributed by atoms with Crippen molar-refractivity contribution in [1.82, 2.24) is 5.32 Å². The lowest BCUT2D eigenvalue weighted by Gasteiger charge is -2.07. The van der Waals surface area contributed by atoms with E-state index in [4.69, 9.17) is 5.14 Å². The maximum Gasteiger partial charge on any atom is 0.238 e. The fourth-order valence-corrected chi connectivity index (χ4v) is 2.73. The molecule has 2 rings (SSSR count). The van der Waals surface area contributed by atoms with Crippen LogP contribution in [-0.4, -0.2) is 14.3 Å². The van der Waals surface area contributed by atoms with Crippen LogP contribution in [0.25, 0.3) is 0 Å². The third kappa shape index (κ3) is 5.50. The number of carbonyl (C=O) groups excluding carboxylic acids is 1. The zero-order chi connectivity index (χ0) is 16.9. The summed E-state index contributed by atoms with van der Waals surface area (Å²) in [5.41, 5.74) is 3.14. The molecule has 0 heterocycles. The van der Waals surface area contributed by atoms with Crippen LogP contribution in [0.15, 0.2) is 53.4 Å². The van der Waals surface area contributed by atoms with Crippen LogP contribution in [0.3, 0.4) is 0 Å². The summed E-state index contributed by atoms with van der Waals surface area (Å²) in [6.45, 7) is 2.38. The van der Waals surface area contributed by atoms with E-state index in [-0.39, 0.29) is 10.8 Å². The van der Waals surface area contributed by atoms with E-state index in [1.165, 1.54) is 17.7 Å². The molecule has 1 amide bonds. The number of hydrogen-bond donors (Lipinski definition) is 2. The van der Waals surface area contributed by atoms with Crippen LogP contribution in [0.1, 0.15) is 23.1 Å². The van der Waals surface area contributed by atoms with Gasteiger partial charge in [-0.1, -0.05) is 42.0 Å². The molecule has 6 heteroatoms. The fraction of sp³-hybridized carbons (Fsp3) is 0.235. The minimum Gasteiger partial charge on any atom is -0.352 e. The van der Waals surface area contributed by atoms with Crippen LogP contribution in [0.5, 0.6) is 0 Å². The van der Waals surface area contributed by atoms with Crippen molar-refractivity contribution in [2.24, 2.45) is 5.14 Å². The average Bonchev–Trinajstić information content (AvgIpc) is 2.50. The van der Waals surface area contributed by atoms with Crippen molar-refractivity contribution in [2.45, 2.75) is 31.2 Å². The molecule has 0 fully saturated rings. The van der Waals surface area contributed by atoms with E-state index < -0.39 is 10.0 Å². The second kappa shape index (κ2) is 7.39. The van der Waals surface area contributed by atoms with Gasteiger partial charge in [-0.3, -0.25) is 4.79 Å². The summed E-state index contributed by atoms with van der Waals surface area (Å²) in [6, 6.07) is 14.2. The van der Waals surface area contributed by atoms with Crippen molar-refractivity contribution >= 4 is 15.9 Å². The molecular weight excluding hydrogens is 312 g/mol. The molecule has 5 nitrogen and oxygen atoms in total. The summed E-state index contributed by atoms with van der Waals surface area (Å²) in [5.74, 6) is -0.0398. The minimum absolute atomic E-state index is 0.0398. The summed E-state index contributed by atoms with van der Waals surface area (Å²) >= 11 is 0. The van der Waals surface area contributed by atoms with Gasteiger partial charge in [0, 0.05) is 13.0 Å².